The van der Waals surface area contributed by atoms with Crippen LogP contribution in [0.3, 0.4) is 0 Å². The van der Waals surface area contributed by atoms with E-state index >= 15 is 0 Å². The number of benzene rings is 2. The van der Waals surface area contributed by atoms with Gasteiger partial charge in [-0.2, -0.15) is 0 Å². The van der Waals surface area contributed by atoms with E-state index in [1.165, 1.54) is 32.2 Å². The number of carbonyl (C=O) groups excluding carboxylic acids is 2. The number of nitrogens with zero attached hydrogens (tertiary/aromatic N) is 1. The Balaban J connectivity index is 2.10. The van der Waals surface area contributed by atoms with Crippen molar-refractivity contribution in [2.24, 2.45) is 0 Å². The second kappa shape index (κ2) is 8.50. The first-order valence-corrected chi connectivity index (χ1v) is 8.21. The number of nitrogens with one attached hydrogen (secondary N) is 1. The summed E-state index contributed by atoms with van der Waals surface area (Å²) in [6.07, 6.45) is -1.15. The maximum Gasteiger partial charge on any atom is 0.339 e. The highest BCUT2D eigenvalue weighted by molar-refractivity contribution is 6.31. The number of anilines is 1. The van der Waals surface area contributed by atoms with E-state index in [1.54, 1.807) is 19.1 Å². The van der Waals surface area contributed by atoms with Gasteiger partial charge in [-0.3, -0.25) is 14.9 Å². The number of ether oxygens (including phenoxy) is 2. The molecular weight excluding hydrogens is 376 g/mol. The van der Waals surface area contributed by atoms with Crippen molar-refractivity contribution in [3.63, 3.8) is 0 Å². The Hall–Kier alpha value is -3.13. The first-order chi connectivity index (χ1) is 12.7. The Labute approximate surface area is 160 Å². The van der Waals surface area contributed by atoms with Crippen LogP contribution in [0, 0.1) is 17.0 Å². The van der Waals surface area contributed by atoms with Crippen molar-refractivity contribution >= 4 is 34.9 Å². The molecule has 0 unspecified atom stereocenters. The number of hydrogen-bond donors (Lipinski definition) is 1. The summed E-state index contributed by atoms with van der Waals surface area (Å²) in [5.41, 5.74) is 0.511. The van der Waals surface area contributed by atoms with E-state index < -0.39 is 22.9 Å². The summed E-state index contributed by atoms with van der Waals surface area (Å²) >= 11 is 5.91. The summed E-state index contributed by atoms with van der Waals surface area (Å²) in [5, 5.41) is 13.9. The Morgan fingerprint density at radius 2 is 1.93 bits per heavy atom. The average molecular weight is 393 g/mol. The summed E-state index contributed by atoms with van der Waals surface area (Å²) in [5.74, 6) is -1.07. The molecular formula is C18H17ClN2O6. The summed E-state index contributed by atoms with van der Waals surface area (Å²) < 4.78 is 10.2. The van der Waals surface area contributed by atoms with Crippen LogP contribution in [0.5, 0.6) is 5.75 Å². The van der Waals surface area contributed by atoms with E-state index in [-0.39, 0.29) is 11.3 Å². The van der Waals surface area contributed by atoms with Gasteiger partial charge < -0.3 is 14.8 Å². The van der Waals surface area contributed by atoms with Gasteiger partial charge in [0, 0.05) is 16.7 Å². The van der Waals surface area contributed by atoms with Gasteiger partial charge in [0.25, 0.3) is 11.6 Å². The fourth-order valence-electron chi connectivity index (χ4n) is 2.23. The molecule has 1 atom stereocenters. The van der Waals surface area contributed by atoms with Crippen molar-refractivity contribution in [1.82, 2.24) is 0 Å². The first-order valence-electron chi connectivity index (χ1n) is 7.83. The molecule has 0 aromatic heterocycles. The lowest BCUT2D eigenvalue weighted by molar-refractivity contribution is -0.385. The predicted octanol–water partition coefficient (Wildman–Crippen LogP) is 3.75. The van der Waals surface area contributed by atoms with Crippen LogP contribution in [0.25, 0.3) is 0 Å². The van der Waals surface area contributed by atoms with E-state index in [4.69, 9.17) is 21.1 Å². The van der Waals surface area contributed by atoms with Crippen molar-refractivity contribution in [3.05, 3.63) is 62.7 Å². The molecule has 1 amide bonds. The van der Waals surface area contributed by atoms with Gasteiger partial charge in [-0.25, -0.2) is 4.79 Å². The first kappa shape index (κ1) is 20.2. The predicted molar refractivity (Wildman–Crippen MR) is 99.3 cm³/mol. The van der Waals surface area contributed by atoms with Crippen LogP contribution in [0.1, 0.15) is 22.8 Å². The second-order valence-electron chi connectivity index (χ2n) is 5.64. The molecule has 8 nitrogen and oxygen atoms in total. The zero-order valence-electron chi connectivity index (χ0n) is 14.8. The fourth-order valence-corrected chi connectivity index (χ4v) is 2.40. The van der Waals surface area contributed by atoms with Crippen molar-refractivity contribution < 1.29 is 24.0 Å². The molecule has 0 aliphatic heterocycles. The third-order valence-corrected chi connectivity index (χ3v) is 3.95. The number of methoxy groups -OCH3 is 1. The third kappa shape index (κ3) is 4.95. The third-order valence-electron chi connectivity index (χ3n) is 3.71. The van der Waals surface area contributed by atoms with Crippen LogP contribution in [0.15, 0.2) is 36.4 Å². The molecule has 1 N–H and O–H groups in total. The van der Waals surface area contributed by atoms with Gasteiger partial charge in [0.15, 0.2) is 6.10 Å². The number of carbonyl (C=O) groups is 2. The topological polar surface area (TPSA) is 108 Å². The molecule has 2 aromatic carbocycles. The summed E-state index contributed by atoms with van der Waals surface area (Å²) in [4.78, 5) is 34.9. The Morgan fingerprint density at radius 1 is 1.22 bits per heavy atom. The van der Waals surface area contributed by atoms with Gasteiger partial charge in [-0.1, -0.05) is 17.7 Å². The highest BCUT2D eigenvalue weighted by atomic mass is 35.5. The molecule has 0 aliphatic carbocycles. The minimum absolute atomic E-state index is 0.0210. The Kier molecular flexibility index (Phi) is 6.36. The number of nitro benzene ring substituents is 1. The standard InChI is InChI=1S/C18H17ClN2O6/c1-10-4-5-12(8-15(10)21(24)25)18(23)27-11(2)17(22)20-14-9-13(19)6-7-16(14)26-3/h4-9,11H,1-3H3,(H,20,22)/t11-/m0/s1. The highest BCUT2D eigenvalue weighted by Crippen LogP contribution is 2.28. The lowest BCUT2D eigenvalue weighted by Gasteiger charge is -2.15. The molecule has 142 valence electrons. The largest absolute Gasteiger partial charge is 0.495 e. The second-order valence-corrected chi connectivity index (χ2v) is 6.08. The maximum atomic E-state index is 12.3. The monoisotopic (exact) mass is 392 g/mol. The van der Waals surface area contributed by atoms with Crippen LogP contribution < -0.4 is 10.1 Å². The lowest BCUT2D eigenvalue weighted by atomic mass is 10.1. The van der Waals surface area contributed by atoms with Gasteiger partial charge in [0.2, 0.25) is 0 Å². The Morgan fingerprint density at radius 3 is 2.56 bits per heavy atom. The molecule has 0 saturated heterocycles. The van der Waals surface area contributed by atoms with Crippen LogP contribution in [-0.4, -0.2) is 30.0 Å². The zero-order chi connectivity index (χ0) is 20.1. The van der Waals surface area contributed by atoms with Gasteiger partial charge in [-0.05, 0) is 38.1 Å². The van der Waals surface area contributed by atoms with Crippen LogP contribution in [-0.2, 0) is 9.53 Å². The van der Waals surface area contributed by atoms with E-state index in [2.05, 4.69) is 5.32 Å². The highest BCUT2D eigenvalue weighted by Gasteiger charge is 2.22. The molecule has 0 fully saturated rings. The minimum atomic E-state index is -1.15. The molecule has 0 bridgehead atoms. The van der Waals surface area contributed by atoms with Crippen molar-refractivity contribution in [2.75, 3.05) is 12.4 Å². The van der Waals surface area contributed by atoms with E-state index in [0.29, 0.717) is 22.0 Å². The molecule has 0 saturated carbocycles. The molecule has 9 heteroatoms. The van der Waals surface area contributed by atoms with E-state index in [9.17, 15) is 19.7 Å². The van der Waals surface area contributed by atoms with Crippen molar-refractivity contribution in [3.8, 4) is 5.75 Å². The van der Waals surface area contributed by atoms with E-state index in [1.807, 2.05) is 0 Å². The number of halogens is 1. The van der Waals surface area contributed by atoms with Gasteiger partial charge in [0.05, 0.1) is 23.3 Å². The van der Waals surface area contributed by atoms with Gasteiger partial charge >= 0.3 is 5.97 Å². The number of nitro groups is 1. The molecule has 0 radical (unpaired) electrons. The smallest absolute Gasteiger partial charge is 0.339 e. The molecule has 2 rings (SSSR count). The summed E-state index contributed by atoms with van der Waals surface area (Å²) in [7, 11) is 1.44. The molecule has 2 aromatic rings. The number of aryl methyl sites for hydroxylation is 1. The van der Waals surface area contributed by atoms with Crippen molar-refractivity contribution in [2.45, 2.75) is 20.0 Å². The average Bonchev–Trinajstić information content (AvgIpc) is 2.61. The quantitative estimate of drug-likeness (QED) is 0.455. The van der Waals surface area contributed by atoms with E-state index in [0.717, 1.165) is 6.07 Å². The normalized spacial score (nSPS) is 11.4. The SMILES string of the molecule is COc1ccc(Cl)cc1NC(=O)[C@H](C)OC(=O)c1ccc(C)c([N+](=O)[O-])c1. The summed E-state index contributed by atoms with van der Waals surface area (Å²) in [6.45, 7) is 2.94. The fraction of sp³-hybridized carbons (Fsp3) is 0.222. The minimum Gasteiger partial charge on any atom is -0.495 e. The lowest BCUT2D eigenvalue weighted by Crippen LogP contribution is -2.30. The molecule has 0 heterocycles. The molecule has 0 aliphatic rings. The molecule has 0 spiro atoms. The number of amides is 1. The van der Waals surface area contributed by atoms with Crippen LogP contribution >= 0.6 is 11.6 Å². The summed E-state index contributed by atoms with van der Waals surface area (Å²) in [6, 6.07) is 8.63. The van der Waals surface area contributed by atoms with Gasteiger partial charge in [-0.15, -0.1) is 0 Å². The van der Waals surface area contributed by atoms with Gasteiger partial charge in [0.1, 0.15) is 5.75 Å². The van der Waals surface area contributed by atoms with Crippen molar-refractivity contribution in [1.29, 1.82) is 0 Å². The number of esters is 1. The van der Waals surface area contributed by atoms with Crippen LogP contribution in [0.4, 0.5) is 11.4 Å². The van der Waals surface area contributed by atoms with Crippen LogP contribution in [0.2, 0.25) is 5.02 Å². The molecule has 27 heavy (non-hydrogen) atoms. The number of hydrogen-bond acceptors (Lipinski definition) is 6. The Bertz CT molecular complexity index is 899. The zero-order valence-corrected chi connectivity index (χ0v) is 15.6. The number of rotatable bonds is 6. The maximum absolute atomic E-state index is 12.3.